The molecular formula is C54H41N3. The van der Waals surface area contributed by atoms with Crippen LogP contribution in [0.3, 0.4) is 0 Å². The predicted octanol–water partition coefficient (Wildman–Crippen LogP) is 14.2. The van der Waals surface area contributed by atoms with E-state index >= 15 is 0 Å². The number of hydrogen-bond acceptors (Lipinski definition) is 3. The first-order valence-electron chi connectivity index (χ1n) is 20.0. The summed E-state index contributed by atoms with van der Waals surface area (Å²) < 4.78 is 0. The molecule has 1 aromatic heterocycles. The van der Waals surface area contributed by atoms with E-state index in [9.17, 15) is 0 Å². The van der Waals surface area contributed by atoms with Crippen LogP contribution in [-0.4, -0.2) is 15.0 Å². The highest BCUT2D eigenvalue weighted by Crippen LogP contribution is 2.47. The van der Waals surface area contributed by atoms with E-state index in [4.69, 9.17) is 15.0 Å². The highest BCUT2D eigenvalue weighted by atomic mass is 15.0. The summed E-state index contributed by atoms with van der Waals surface area (Å²) in [6, 6.07) is 65.1. The van der Waals surface area contributed by atoms with Gasteiger partial charge >= 0.3 is 0 Å². The van der Waals surface area contributed by atoms with Crippen molar-refractivity contribution in [1.29, 1.82) is 0 Å². The summed E-state index contributed by atoms with van der Waals surface area (Å²) >= 11 is 0. The Bertz CT molecular complexity index is 3070. The summed E-state index contributed by atoms with van der Waals surface area (Å²) in [5, 5.41) is 10.2. The van der Waals surface area contributed by atoms with Gasteiger partial charge in [0, 0.05) is 16.7 Å². The first kappa shape index (κ1) is 34.5. The number of fused-ring (bicyclic) bond motifs is 8. The second-order valence-electron chi connectivity index (χ2n) is 15.1. The predicted molar refractivity (Wildman–Crippen MR) is 240 cm³/mol. The molecule has 0 radical (unpaired) electrons. The van der Waals surface area contributed by atoms with Gasteiger partial charge in [0.2, 0.25) is 0 Å². The lowest BCUT2D eigenvalue weighted by Crippen LogP contribution is -2.08. The molecule has 1 atom stereocenters. The first-order chi connectivity index (χ1) is 28.1. The van der Waals surface area contributed by atoms with Crippen molar-refractivity contribution in [3.63, 3.8) is 0 Å². The standard InChI is InChI=1S/C54H41N3/c1-3-37(34-36-17-7-4-8-18-36)49-47(33-32-45-44-31-30-40-21-13-14-24-43(40)50(44)46-25-15-16-35(2)48(46)51(45)49)54-56-52(41-22-11-6-12-23-41)55-53(57-54)42-28-26-39(27-29-42)38-19-9-5-10-20-38/h4-33,37H,3,34H2,1-2H3. The Hall–Kier alpha value is -6.97. The number of rotatable bonds is 8. The van der Waals surface area contributed by atoms with E-state index < -0.39 is 0 Å². The molecule has 57 heavy (non-hydrogen) atoms. The van der Waals surface area contributed by atoms with Gasteiger partial charge in [-0.05, 0) is 96.6 Å². The van der Waals surface area contributed by atoms with Gasteiger partial charge in [-0.3, -0.25) is 0 Å². The zero-order chi connectivity index (χ0) is 38.3. The Balaban J connectivity index is 1.29. The van der Waals surface area contributed by atoms with Crippen LogP contribution >= 0.6 is 0 Å². The maximum atomic E-state index is 5.38. The average molecular weight is 732 g/mol. The maximum absolute atomic E-state index is 5.38. The molecule has 1 heterocycles. The molecule has 272 valence electrons. The number of aryl methyl sites for hydroxylation is 1. The fourth-order valence-corrected chi connectivity index (χ4v) is 8.86. The molecule has 0 amide bonds. The third-order valence-electron chi connectivity index (χ3n) is 11.6. The maximum Gasteiger partial charge on any atom is 0.164 e. The van der Waals surface area contributed by atoms with Gasteiger partial charge in [0.05, 0.1) is 0 Å². The van der Waals surface area contributed by atoms with Gasteiger partial charge in [0.25, 0.3) is 0 Å². The number of nitrogens with zero attached hydrogens (tertiary/aromatic N) is 3. The second-order valence-corrected chi connectivity index (χ2v) is 15.1. The minimum Gasteiger partial charge on any atom is -0.208 e. The van der Waals surface area contributed by atoms with Crippen molar-refractivity contribution in [3.8, 4) is 45.3 Å². The lowest BCUT2D eigenvalue weighted by molar-refractivity contribution is 0.666. The average Bonchev–Trinajstić information content (AvgIpc) is 3.28. The van der Waals surface area contributed by atoms with Crippen LogP contribution in [0.5, 0.6) is 0 Å². The van der Waals surface area contributed by atoms with Crippen LogP contribution in [0.25, 0.3) is 88.4 Å². The summed E-state index contributed by atoms with van der Waals surface area (Å²) in [4.78, 5) is 15.9. The van der Waals surface area contributed by atoms with Crippen molar-refractivity contribution in [2.45, 2.75) is 32.6 Å². The molecule has 10 aromatic rings. The SMILES string of the molecule is CCC(Cc1ccccc1)c1c(-c2nc(-c3ccccc3)nc(-c3ccc(-c4ccccc4)cc3)n2)ccc2c3ccc4ccccc4c3c3cccc(C)c3c12. The quantitative estimate of drug-likeness (QED) is 0.146. The molecule has 0 bridgehead atoms. The summed E-state index contributed by atoms with van der Waals surface area (Å²) in [5.74, 6) is 2.20. The van der Waals surface area contributed by atoms with Crippen LogP contribution in [0, 0.1) is 6.92 Å². The zero-order valence-corrected chi connectivity index (χ0v) is 32.2. The molecule has 0 fully saturated rings. The highest BCUT2D eigenvalue weighted by Gasteiger charge is 2.25. The topological polar surface area (TPSA) is 38.7 Å². The minimum absolute atomic E-state index is 0.192. The summed E-state index contributed by atoms with van der Waals surface area (Å²) in [7, 11) is 0. The molecule has 10 rings (SSSR count). The van der Waals surface area contributed by atoms with Crippen LogP contribution in [0.2, 0.25) is 0 Å². The molecule has 3 nitrogen and oxygen atoms in total. The Morgan fingerprint density at radius 3 is 1.67 bits per heavy atom. The van der Waals surface area contributed by atoms with Crippen molar-refractivity contribution >= 4 is 43.1 Å². The van der Waals surface area contributed by atoms with Gasteiger partial charge in [0.1, 0.15) is 0 Å². The minimum atomic E-state index is 0.192. The van der Waals surface area contributed by atoms with Crippen LogP contribution < -0.4 is 0 Å². The molecule has 0 N–H and O–H groups in total. The zero-order valence-electron chi connectivity index (χ0n) is 32.2. The molecular weight excluding hydrogens is 691 g/mol. The van der Waals surface area contributed by atoms with Crippen molar-refractivity contribution in [3.05, 3.63) is 199 Å². The Morgan fingerprint density at radius 1 is 0.404 bits per heavy atom. The first-order valence-corrected chi connectivity index (χ1v) is 20.0. The van der Waals surface area contributed by atoms with E-state index in [-0.39, 0.29) is 5.92 Å². The van der Waals surface area contributed by atoms with Crippen LogP contribution in [0.1, 0.15) is 36.0 Å². The van der Waals surface area contributed by atoms with Crippen molar-refractivity contribution in [1.82, 2.24) is 15.0 Å². The lowest BCUT2D eigenvalue weighted by Gasteiger charge is -2.25. The van der Waals surface area contributed by atoms with E-state index in [1.54, 1.807) is 0 Å². The normalized spacial score (nSPS) is 12.1. The molecule has 0 aliphatic rings. The van der Waals surface area contributed by atoms with Gasteiger partial charge in [-0.15, -0.1) is 0 Å². The largest absolute Gasteiger partial charge is 0.208 e. The third-order valence-corrected chi connectivity index (χ3v) is 11.6. The van der Waals surface area contributed by atoms with Gasteiger partial charge < -0.3 is 0 Å². The molecule has 9 aromatic carbocycles. The number of aromatic nitrogens is 3. The fourth-order valence-electron chi connectivity index (χ4n) is 8.86. The molecule has 1 unspecified atom stereocenters. The third kappa shape index (κ3) is 6.22. The highest BCUT2D eigenvalue weighted by molar-refractivity contribution is 6.33. The van der Waals surface area contributed by atoms with Crippen molar-refractivity contribution in [2.75, 3.05) is 0 Å². The van der Waals surface area contributed by atoms with Gasteiger partial charge in [-0.25, -0.2) is 15.0 Å². The summed E-state index contributed by atoms with van der Waals surface area (Å²) in [6.07, 6.45) is 1.85. The van der Waals surface area contributed by atoms with Gasteiger partial charge in [-0.2, -0.15) is 0 Å². The van der Waals surface area contributed by atoms with Crippen molar-refractivity contribution in [2.24, 2.45) is 0 Å². The molecule has 3 heteroatoms. The smallest absolute Gasteiger partial charge is 0.164 e. The number of benzene rings is 9. The number of hydrogen-bond donors (Lipinski definition) is 0. The molecule has 0 saturated carbocycles. The molecule has 0 aliphatic heterocycles. The lowest BCUT2D eigenvalue weighted by atomic mass is 9.79. The molecule has 0 aliphatic carbocycles. The monoisotopic (exact) mass is 731 g/mol. The van der Waals surface area contributed by atoms with Gasteiger partial charge in [-0.1, -0.05) is 189 Å². The van der Waals surface area contributed by atoms with Crippen LogP contribution in [0.4, 0.5) is 0 Å². The Kier molecular flexibility index (Phi) is 8.84. The Labute approximate surface area is 333 Å². The van der Waals surface area contributed by atoms with Gasteiger partial charge in [0.15, 0.2) is 17.5 Å². The van der Waals surface area contributed by atoms with E-state index in [2.05, 4.69) is 172 Å². The summed E-state index contributed by atoms with van der Waals surface area (Å²) in [6.45, 7) is 4.59. The summed E-state index contributed by atoms with van der Waals surface area (Å²) in [5.41, 5.74) is 9.18. The van der Waals surface area contributed by atoms with Crippen molar-refractivity contribution < 1.29 is 0 Å². The van der Waals surface area contributed by atoms with Crippen LogP contribution in [0.15, 0.2) is 182 Å². The van der Waals surface area contributed by atoms with E-state index in [1.807, 2.05) is 24.3 Å². The van der Waals surface area contributed by atoms with E-state index in [0.717, 1.165) is 35.1 Å². The fraction of sp³-hybridized carbons (Fsp3) is 0.0926. The molecule has 0 spiro atoms. The van der Waals surface area contributed by atoms with E-state index in [1.165, 1.54) is 65.3 Å². The van der Waals surface area contributed by atoms with Crippen LogP contribution in [-0.2, 0) is 6.42 Å². The molecule has 0 saturated heterocycles. The van der Waals surface area contributed by atoms with E-state index in [0.29, 0.717) is 17.5 Å². The second kappa shape index (κ2) is 14.6. The Morgan fingerprint density at radius 2 is 0.947 bits per heavy atom.